The molecule has 6 heteroatoms. The van der Waals surface area contributed by atoms with E-state index in [0.29, 0.717) is 32.7 Å². The minimum Gasteiger partial charge on any atom is -0.396 e. The number of ether oxygens (including phenoxy) is 1. The summed E-state index contributed by atoms with van der Waals surface area (Å²) in [6.45, 7) is 7.29. The van der Waals surface area contributed by atoms with Crippen LogP contribution < -0.4 is 10.6 Å². The second-order valence-corrected chi connectivity index (χ2v) is 5.15. The highest BCUT2D eigenvalue weighted by Crippen LogP contribution is 2.18. The minimum atomic E-state index is -0.412. The van der Waals surface area contributed by atoms with Gasteiger partial charge in [-0.2, -0.15) is 0 Å². The van der Waals surface area contributed by atoms with Crippen LogP contribution in [0.25, 0.3) is 0 Å². The lowest BCUT2D eigenvalue weighted by atomic mass is 9.90. The molecule has 0 saturated carbocycles. The number of carbonyl (C=O) groups excluding carboxylic acids is 2. The molecule has 0 aromatic carbocycles. The third kappa shape index (κ3) is 10.5. The molecule has 0 atom stereocenters. The average Bonchev–Trinajstić information content (AvgIpc) is 2.34. The van der Waals surface area contributed by atoms with Gasteiger partial charge in [-0.1, -0.05) is 13.8 Å². The van der Waals surface area contributed by atoms with Crippen LogP contribution in [0.15, 0.2) is 0 Å². The first-order valence-electron chi connectivity index (χ1n) is 6.63. The molecule has 0 aromatic rings. The van der Waals surface area contributed by atoms with Crippen LogP contribution in [0.3, 0.4) is 0 Å². The summed E-state index contributed by atoms with van der Waals surface area (Å²) in [7, 11) is 0. The molecule has 6 nitrogen and oxygen atoms in total. The number of carbonyl (C=O) groups is 2. The normalized spacial score (nSPS) is 11.2. The number of hydrogen-bond donors (Lipinski definition) is 3. The van der Waals surface area contributed by atoms with Crippen LogP contribution in [0.1, 0.15) is 33.6 Å². The van der Waals surface area contributed by atoms with E-state index in [2.05, 4.69) is 10.6 Å². The van der Waals surface area contributed by atoms with Gasteiger partial charge < -0.3 is 20.5 Å². The Balaban J connectivity index is 3.58. The van der Waals surface area contributed by atoms with Gasteiger partial charge in [-0.15, -0.1) is 0 Å². The van der Waals surface area contributed by atoms with Gasteiger partial charge in [0.05, 0.1) is 6.61 Å². The molecule has 19 heavy (non-hydrogen) atoms. The van der Waals surface area contributed by atoms with Crippen molar-refractivity contribution >= 4 is 11.8 Å². The fraction of sp³-hybridized carbons (Fsp3) is 0.846. The number of amides is 2. The van der Waals surface area contributed by atoms with E-state index < -0.39 is 5.41 Å². The maximum absolute atomic E-state index is 11.5. The van der Waals surface area contributed by atoms with E-state index in [0.717, 1.165) is 0 Å². The number of aliphatic hydroxyl groups excluding tert-OH is 1. The summed E-state index contributed by atoms with van der Waals surface area (Å²) in [6.07, 6.45) is 0.598. The summed E-state index contributed by atoms with van der Waals surface area (Å²) in [4.78, 5) is 22.8. The average molecular weight is 274 g/mol. The zero-order chi connectivity index (χ0) is 14.7. The molecular weight excluding hydrogens is 248 g/mol. The molecule has 0 saturated heterocycles. The molecule has 0 unspecified atom stereocenters. The topological polar surface area (TPSA) is 87.7 Å². The van der Waals surface area contributed by atoms with Crippen LogP contribution in [0, 0.1) is 5.41 Å². The first-order valence-corrected chi connectivity index (χ1v) is 6.63. The lowest BCUT2D eigenvalue weighted by Gasteiger charge is -2.20. The maximum atomic E-state index is 11.5. The highest BCUT2D eigenvalue weighted by atomic mass is 16.5. The zero-order valence-corrected chi connectivity index (χ0v) is 12.1. The SMILES string of the molecule is CCOCCC(=O)NCCNC(=O)CC(C)(C)CO. The number of nitrogens with one attached hydrogen (secondary N) is 2. The highest BCUT2D eigenvalue weighted by Gasteiger charge is 2.20. The second kappa shape index (κ2) is 9.75. The van der Waals surface area contributed by atoms with Gasteiger partial charge in [0.25, 0.3) is 0 Å². The van der Waals surface area contributed by atoms with Crippen molar-refractivity contribution in [3.05, 3.63) is 0 Å². The Morgan fingerprint density at radius 3 is 2.26 bits per heavy atom. The van der Waals surface area contributed by atoms with E-state index in [4.69, 9.17) is 9.84 Å². The molecule has 112 valence electrons. The summed E-state index contributed by atoms with van der Waals surface area (Å²) >= 11 is 0. The molecule has 0 aliphatic rings. The first kappa shape index (κ1) is 17.9. The molecule has 0 heterocycles. The lowest BCUT2D eigenvalue weighted by Crippen LogP contribution is -2.37. The second-order valence-electron chi connectivity index (χ2n) is 5.15. The van der Waals surface area contributed by atoms with E-state index in [1.54, 1.807) is 0 Å². The maximum Gasteiger partial charge on any atom is 0.222 e. The van der Waals surface area contributed by atoms with Crippen LogP contribution in [0.2, 0.25) is 0 Å². The first-order chi connectivity index (χ1) is 8.91. The Hall–Kier alpha value is -1.14. The predicted molar refractivity (Wildman–Crippen MR) is 72.6 cm³/mol. The third-order valence-corrected chi connectivity index (χ3v) is 2.51. The molecule has 0 rings (SSSR count). The molecule has 0 bridgehead atoms. The Bertz CT molecular complexity index is 280. The summed E-state index contributed by atoms with van der Waals surface area (Å²) in [5, 5.41) is 14.4. The molecule has 0 radical (unpaired) electrons. The standard InChI is InChI=1S/C13H26N2O4/c1-4-19-8-5-11(17)14-6-7-15-12(18)9-13(2,3)10-16/h16H,4-10H2,1-3H3,(H,14,17)(H,15,18). The van der Waals surface area contributed by atoms with Crippen molar-refractivity contribution in [3.8, 4) is 0 Å². The van der Waals surface area contributed by atoms with Gasteiger partial charge in [0, 0.05) is 39.1 Å². The molecular formula is C13H26N2O4. The van der Waals surface area contributed by atoms with E-state index >= 15 is 0 Å². The minimum absolute atomic E-state index is 0.0332. The van der Waals surface area contributed by atoms with Crippen LogP contribution in [-0.4, -0.2) is 49.8 Å². The third-order valence-electron chi connectivity index (χ3n) is 2.51. The van der Waals surface area contributed by atoms with Crippen molar-refractivity contribution in [2.45, 2.75) is 33.6 Å². The zero-order valence-electron chi connectivity index (χ0n) is 12.1. The largest absolute Gasteiger partial charge is 0.396 e. The van der Waals surface area contributed by atoms with E-state index in [1.807, 2.05) is 20.8 Å². The Labute approximate surface area is 114 Å². The van der Waals surface area contributed by atoms with E-state index in [9.17, 15) is 9.59 Å². The molecule has 3 N–H and O–H groups in total. The van der Waals surface area contributed by atoms with Gasteiger partial charge >= 0.3 is 0 Å². The van der Waals surface area contributed by atoms with E-state index in [1.165, 1.54) is 0 Å². The van der Waals surface area contributed by atoms with Gasteiger partial charge in [0.1, 0.15) is 0 Å². The monoisotopic (exact) mass is 274 g/mol. The van der Waals surface area contributed by atoms with Gasteiger partial charge in [-0.3, -0.25) is 9.59 Å². The van der Waals surface area contributed by atoms with Crippen molar-refractivity contribution < 1.29 is 19.4 Å². The smallest absolute Gasteiger partial charge is 0.222 e. The van der Waals surface area contributed by atoms with Crippen molar-refractivity contribution in [1.29, 1.82) is 0 Å². The molecule has 0 fully saturated rings. The number of rotatable bonds is 10. The van der Waals surface area contributed by atoms with Gasteiger partial charge in [-0.05, 0) is 12.3 Å². The Kier molecular flexibility index (Phi) is 9.16. The van der Waals surface area contributed by atoms with Crippen molar-refractivity contribution in [1.82, 2.24) is 10.6 Å². The quantitative estimate of drug-likeness (QED) is 0.491. The number of aliphatic hydroxyl groups is 1. The van der Waals surface area contributed by atoms with Gasteiger partial charge in [0.2, 0.25) is 11.8 Å². The summed E-state index contributed by atoms with van der Waals surface area (Å²) in [5.41, 5.74) is -0.412. The van der Waals surface area contributed by atoms with Gasteiger partial charge in [0.15, 0.2) is 0 Å². The molecule has 0 aliphatic carbocycles. The molecule has 0 aromatic heterocycles. The van der Waals surface area contributed by atoms with Gasteiger partial charge in [-0.25, -0.2) is 0 Å². The number of hydrogen-bond acceptors (Lipinski definition) is 4. The van der Waals surface area contributed by atoms with E-state index in [-0.39, 0.29) is 24.8 Å². The van der Waals surface area contributed by atoms with Crippen molar-refractivity contribution in [2.24, 2.45) is 5.41 Å². The van der Waals surface area contributed by atoms with Crippen LogP contribution >= 0.6 is 0 Å². The fourth-order valence-corrected chi connectivity index (χ4v) is 1.35. The molecule has 2 amide bonds. The summed E-state index contributed by atoms with van der Waals surface area (Å²) < 4.78 is 5.06. The molecule has 0 spiro atoms. The molecule has 0 aliphatic heterocycles. The van der Waals surface area contributed by atoms with Crippen molar-refractivity contribution in [2.75, 3.05) is 32.9 Å². The van der Waals surface area contributed by atoms with Crippen LogP contribution in [0.4, 0.5) is 0 Å². The summed E-state index contributed by atoms with van der Waals surface area (Å²) in [6, 6.07) is 0. The predicted octanol–water partition coefficient (Wildman–Crippen LogP) is 0.0540. The summed E-state index contributed by atoms with van der Waals surface area (Å²) in [5.74, 6) is -0.207. The highest BCUT2D eigenvalue weighted by molar-refractivity contribution is 5.77. The Morgan fingerprint density at radius 2 is 1.74 bits per heavy atom. The van der Waals surface area contributed by atoms with Crippen molar-refractivity contribution in [3.63, 3.8) is 0 Å². The van der Waals surface area contributed by atoms with Crippen LogP contribution in [-0.2, 0) is 14.3 Å². The Morgan fingerprint density at radius 1 is 1.16 bits per heavy atom. The lowest BCUT2D eigenvalue weighted by molar-refractivity contribution is -0.124. The van der Waals surface area contributed by atoms with Crippen LogP contribution in [0.5, 0.6) is 0 Å². The fourth-order valence-electron chi connectivity index (χ4n) is 1.35.